The molecule has 0 fully saturated rings. The molecule has 0 saturated heterocycles. The molecule has 0 bridgehead atoms. The van der Waals surface area contributed by atoms with E-state index in [1.165, 1.54) is 44.9 Å². The second-order valence-electron chi connectivity index (χ2n) is 9.04. The zero-order valence-electron chi connectivity index (χ0n) is 21.3. The number of hydrogen-bond donors (Lipinski definition) is 3. The average molecular weight is 471 g/mol. The Morgan fingerprint density at radius 3 is 1.24 bits per heavy atom. The summed E-state index contributed by atoms with van der Waals surface area (Å²) in [6.45, 7) is 7.23. The molecule has 0 aromatic rings. The lowest BCUT2D eigenvalue weighted by atomic mass is 9.95. The van der Waals surface area contributed by atoms with Gasteiger partial charge in [-0.05, 0) is 18.9 Å². The van der Waals surface area contributed by atoms with Crippen LogP contribution in [0.15, 0.2) is 12.3 Å². The number of hydrogen-bond acceptors (Lipinski definition) is 3. The van der Waals surface area contributed by atoms with Crippen LogP contribution >= 0.6 is 0 Å². The third kappa shape index (κ3) is 9.86. The van der Waals surface area contributed by atoms with Gasteiger partial charge < -0.3 is 15.3 Å². The zero-order valence-corrected chi connectivity index (χ0v) is 21.3. The number of carboxylic acid groups (broad SMARTS) is 3. The van der Waals surface area contributed by atoms with E-state index in [1.807, 2.05) is 6.08 Å². The number of rotatable bonds is 21. The summed E-state index contributed by atoms with van der Waals surface area (Å²) in [5.74, 6) is -3.50. The molecule has 0 saturated carbocycles. The second-order valence-corrected chi connectivity index (χ2v) is 9.04. The minimum atomic E-state index is -1.17. The maximum atomic E-state index is 12.1. The van der Waals surface area contributed by atoms with Crippen LogP contribution in [0.2, 0.25) is 0 Å². The molecule has 3 N–H and O–H groups in total. The highest BCUT2D eigenvalue weighted by molar-refractivity contribution is 5.78. The minimum Gasteiger partial charge on any atom is -0.477 e. The Balaban J connectivity index is 5.35. The molecule has 3 atom stereocenters. The normalized spacial score (nSPS) is 16.2. The summed E-state index contributed by atoms with van der Waals surface area (Å²) in [4.78, 5) is 36.4. The topological polar surface area (TPSA) is 112 Å². The van der Waals surface area contributed by atoms with E-state index in [4.69, 9.17) is 0 Å². The van der Waals surface area contributed by atoms with E-state index in [9.17, 15) is 29.7 Å². The Morgan fingerprint density at radius 2 is 0.939 bits per heavy atom. The number of carbonyl (C=O) groups is 3. The van der Waals surface area contributed by atoms with E-state index in [1.54, 1.807) is 27.0 Å². The third-order valence-electron chi connectivity index (χ3n) is 6.72. The highest BCUT2D eigenvalue weighted by Gasteiger charge is 2.55. The van der Waals surface area contributed by atoms with Crippen LogP contribution in [-0.2, 0) is 14.4 Å². The SMILES string of the molecule is CCCCCCCCCCCC/C=C/[N+](C(CC)C(=O)O)(C(CC)C(=O)O)C(CC)C(=O)O. The van der Waals surface area contributed by atoms with Crippen LogP contribution in [0.3, 0.4) is 0 Å². The number of carboxylic acids is 3. The molecule has 0 heterocycles. The quantitative estimate of drug-likeness (QED) is 0.136. The maximum Gasteiger partial charge on any atom is 0.362 e. The van der Waals surface area contributed by atoms with Gasteiger partial charge in [-0.15, -0.1) is 0 Å². The van der Waals surface area contributed by atoms with E-state index in [0.717, 1.165) is 19.3 Å². The summed E-state index contributed by atoms with van der Waals surface area (Å²) in [7, 11) is 0. The first-order valence-corrected chi connectivity index (χ1v) is 13.0. The molecular weight excluding hydrogens is 422 g/mol. The second kappa shape index (κ2) is 17.6. The zero-order chi connectivity index (χ0) is 25.3. The predicted octanol–water partition coefficient (Wildman–Crippen LogP) is 6.22. The Bertz CT molecular complexity index is 549. The lowest BCUT2D eigenvalue weighted by Gasteiger charge is -2.46. The molecule has 0 spiro atoms. The Morgan fingerprint density at radius 1 is 0.606 bits per heavy atom. The van der Waals surface area contributed by atoms with Crippen molar-refractivity contribution >= 4 is 17.9 Å². The Kier molecular flexibility index (Phi) is 16.6. The number of unbranched alkanes of at least 4 members (excludes halogenated alkanes) is 10. The van der Waals surface area contributed by atoms with Crippen molar-refractivity contribution in [1.82, 2.24) is 0 Å². The third-order valence-corrected chi connectivity index (χ3v) is 6.72. The van der Waals surface area contributed by atoms with Gasteiger partial charge in [0.2, 0.25) is 0 Å². The van der Waals surface area contributed by atoms with Gasteiger partial charge in [-0.2, -0.15) is 0 Å². The molecule has 33 heavy (non-hydrogen) atoms. The van der Waals surface area contributed by atoms with Crippen LogP contribution in [0.5, 0.6) is 0 Å². The predicted molar refractivity (Wildman–Crippen MR) is 131 cm³/mol. The number of aliphatic carboxylic acids is 3. The van der Waals surface area contributed by atoms with Crippen LogP contribution in [-0.4, -0.2) is 55.8 Å². The fraction of sp³-hybridized carbons (Fsp3) is 0.808. The van der Waals surface area contributed by atoms with Crippen molar-refractivity contribution in [1.29, 1.82) is 0 Å². The largest absolute Gasteiger partial charge is 0.477 e. The summed E-state index contributed by atoms with van der Waals surface area (Å²) in [6, 6.07) is -3.43. The van der Waals surface area contributed by atoms with E-state index in [-0.39, 0.29) is 19.3 Å². The summed E-state index contributed by atoms with van der Waals surface area (Å²) >= 11 is 0. The van der Waals surface area contributed by atoms with Crippen LogP contribution < -0.4 is 0 Å². The Hall–Kier alpha value is -1.89. The van der Waals surface area contributed by atoms with Crippen molar-refractivity contribution in [2.24, 2.45) is 0 Å². The fourth-order valence-corrected chi connectivity index (χ4v) is 5.02. The van der Waals surface area contributed by atoms with Crippen molar-refractivity contribution in [2.45, 2.75) is 136 Å². The lowest BCUT2D eigenvalue weighted by Crippen LogP contribution is -2.69. The number of quaternary nitrogens is 1. The van der Waals surface area contributed by atoms with Crippen molar-refractivity contribution in [3.8, 4) is 0 Å². The first-order valence-electron chi connectivity index (χ1n) is 13.0. The van der Waals surface area contributed by atoms with Gasteiger partial charge in [-0.3, -0.25) is 4.48 Å². The highest BCUT2D eigenvalue weighted by Crippen LogP contribution is 2.32. The van der Waals surface area contributed by atoms with Gasteiger partial charge in [-0.1, -0.05) is 85.5 Å². The van der Waals surface area contributed by atoms with E-state index >= 15 is 0 Å². The smallest absolute Gasteiger partial charge is 0.362 e. The molecule has 0 aliphatic heterocycles. The van der Waals surface area contributed by atoms with Crippen molar-refractivity contribution < 1.29 is 34.2 Å². The van der Waals surface area contributed by atoms with Crippen LogP contribution in [0, 0.1) is 0 Å². The summed E-state index contributed by atoms with van der Waals surface area (Å²) in [6.07, 6.45) is 16.6. The number of nitrogens with zero attached hydrogens (tertiary/aromatic N) is 1. The standard InChI is InChI=1S/C26H47NO6/c1-5-9-10-11-12-13-14-15-16-17-18-19-20-27(21(6-2)24(28)29,22(7-3)25(30)31)23(8-4)26(32)33/h19-23H,5-18H2,1-4H3,(H2-,28,29,30,31,32,33)/p+1/b20-19+. The molecule has 0 aromatic carbocycles. The molecule has 0 aliphatic rings. The van der Waals surface area contributed by atoms with Crippen molar-refractivity contribution in [3.05, 3.63) is 12.3 Å². The monoisotopic (exact) mass is 470 g/mol. The maximum absolute atomic E-state index is 12.1. The van der Waals surface area contributed by atoms with Gasteiger partial charge in [0.25, 0.3) is 0 Å². The molecule has 7 heteroatoms. The summed E-state index contributed by atoms with van der Waals surface area (Å²) < 4.78 is -0.582. The van der Waals surface area contributed by atoms with Gasteiger partial charge in [0.1, 0.15) is 0 Å². The first kappa shape index (κ1) is 31.1. The van der Waals surface area contributed by atoms with Gasteiger partial charge in [0.05, 0.1) is 6.20 Å². The molecule has 7 nitrogen and oxygen atoms in total. The van der Waals surface area contributed by atoms with Crippen molar-refractivity contribution in [2.75, 3.05) is 0 Å². The van der Waals surface area contributed by atoms with Crippen LogP contribution in [0.4, 0.5) is 0 Å². The molecule has 192 valence electrons. The minimum absolute atomic E-state index is 0.144. The van der Waals surface area contributed by atoms with Crippen LogP contribution in [0.25, 0.3) is 0 Å². The van der Waals surface area contributed by atoms with Gasteiger partial charge in [0.15, 0.2) is 18.1 Å². The average Bonchev–Trinajstić information content (AvgIpc) is 2.75. The van der Waals surface area contributed by atoms with Crippen LogP contribution in [0.1, 0.15) is 118 Å². The van der Waals surface area contributed by atoms with E-state index in [2.05, 4.69) is 6.92 Å². The first-order chi connectivity index (χ1) is 15.7. The molecule has 0 rings (SSSR count). The highest BCUT2D eigenvalue weighted by atomic mass is 16.4. The summed E-state index contributed by atoms with van der Waals surface area (Å²) in [5.41, 5.74) is 0. The van der Waals surface area contributed by atoms with E-state index < -0.39 is 40.5 Å². The molecule has 0 aliphatic carbocycles. The molecule has 3 unspecified atom stereocenters. The lowest BCUT2D eigenvalue weighted by molar-refractivity contribution is -0.927. The Labute approximate surface area is 200 Å². The fourth-order valence-electron chi connectivity index (χ4n) is 5.02. The van der Waals surface area contributed by atoms with E-state index in [0.29, 0.717) is 6.42 Å². The molecule has 0 aromatic heterocycles. The molecule has 0 radical (unpaired) electrons. The van der Waals surface area contributed by atoms with Gasteiger partial charge in [0, 0.05) is 19.3 Å². The summed E-state index contributed by atoms with van der Waals surface area (Å²) in [5, 5.41) is 29.8. The van der Waals surface area contributed by atoms with Crippen molar-refractivity contribution in [3.63, 3.8) is 0 Å². The van der Waals surface area contributed by atoms with Gasteiger partial charge in [-0.25, -0.2) is 14.4 Å². The molecular formula is C26H48NO6+. The molecule has 0 amide bonds. The number of allylic oxidation sites excluding steroid dienone is 1. The van der Waals surface area contributed by atoms with Gasteiger partial charge >= 0.3 is 17.9 Å².